The molecule has 1 atom stereocenters. The molecule has 2 aliphatic rings. The van der Waals surface area contributed by atoms with Gasteiger partial charge in [-0.15, -0.1) is 0 Å². The molecular weight excluding hydrogens is 465 g/mol. The summed E-state index contributed by atoms with van der Waals surface area (Å²) in [6, 6.07) is 16.1. The van der Waals surface area contributed by atoms with Gasteiger partial charge in [-0.05, 0) is 24.6 Å². The average Bonchev–Trinajstić information content (AvgIpc) is 3.02. The van der Waals surface area contributed by atoms with Crippen LogP contribution in [0.25, 0.3) is 5.76 Å². The van der Waals surface area contributed by atoms with Gasteiger partial charge in [-0.1, -0.05) is 60.1 Å². The van der Waals surface area contributed by atoms with E-state index in [2.05, 4.69) is 9.97 Å². The Morgan fingerprint density at radius 2 is 1.79 bits per heavy atom. The fraction of sp³-hybridized carbons (Fsp3) is 0.167. The highest BCUT2D eigenvalue weighted by Crippen LogP contribution is 2.58. The first-order chi connectivity index (χ1) is 15.9. The number of carbonyl (C=O) groups is 2. The van der Waals surface area contributed by atoms with Gasteiger partial charge < -0.3 is 14.4 Å². The van der Waals surface area contributed by atoms with E-state index >= 15 is 0 Å². The van der Waals surface area contributed by atoms with Crippen molar-refractivity contribution < 1.29 is 19.1 Å². The van der Waals surface area contributed by atoms with Crippen molar-refractivity contribution in [1.29, 1.82) is 0 Å². The third kappa shape index (κ3) is 2.96. The van der Waals surface area contributed by atoms with E-state index in [1.54, 1.807) is 56.4 Å². The number of para-hydroxylation sites is 1. The van der Waals surface area contributed by atoms with Gasteiger partial charge in [-0.25, -0.2) is 9.78 Å². The van der Waals surface area contributed by atoms with Gasteiger partial charge in [0.05, 0.1) is 12.2 Å². The first-order valence-electron chi connectivity index (χ1n) is 10.2. The molecule has 9 heteroatoms. The number of carbonyl (C=O) groups excluding carboxylic acids is 2. The van der Waals surface area contributed by atoms with Gasteiger partial charge in [0, 0.05) is 23.9 Å². The van der Waals surface area contributed by atoms with E-state index in [-0.39, 0.29) is 39.8 Å². The number of fused-ring (bicyclic) bond motifs is 4. The van der Waals surface area contributed by atoms with Crippen LogP contribution in [0.5, 0.6) is 5.88 Å². The van der Waals surface area contributed by atoms with Crippen LogP contribution < -0.4 is 9.64 Å². The molecule has 166 valence electrons. The summed E-state index contributed by atoms with van der Waals surface area (Å²) >= 11 is 12.7. The highest BCUT2D eigenvalue weighted by molar-refractivity contribution is 6.34. The maximum Gasteiger partial charge on any atom is 0.339 e. The Kier molecular flexibility index (Phi) is 5.11. The van der Waals surface area contributed by atoms with Crippen molar-refractivity contribution in [2.24, 2.45) is 0 Å². The fourth-order valence-electron chi connectivity index (χ4n) is 4.51. The van der Waals surface area contributed by atoms with Crippen LogP contribution in [0, 0.1) is 0 Å². The molecule has 3 aromatic rings. The van der Waals surface area contributed by atoms with Gasteiger partial charge in [0.1, 0.15) is 21.9 Å². The lowest BCUT2D eigenvalue weighted by Gasteiger charge is -2.36. The van der Waals surface area contributed by atoms with Crippen LogP contribution >= 0.6 is 23.2 Å². The highest BCUT2D eigenvalue weighted by atomic mass is 35.5. The number of benzene rings is 2. The third-order valence-electron chi connectivity index (χ3n) is 5.79. The molecule has 1 aromatic heterocycles. The number of hydrogen-bond acceptors (Lipinski definition) is 6. The standard InChI is InChI=1S/C24H17Cl2N3O4/c1-3-32-21(30)16-18(13-9-5-4-6-10-13)33-20-17(19(25)27-23(26)28-20)24(16)14-11-7-8-12-15(14)29(2)22(24)31/h4-12H,3H2,1-2H3. The molecule has 0 fully saturated rings. The molecule has 0 radical (unpaired) electrons. The van der Waals surface area contributed by atoms with Gasteiger partial charge in [0.2, 0.25) is 17.1 Å². The topological polar surface area (TPSA) is 81.6 Å². The number of aromatic nitrogens is 2. The molecule has 0 saturated heterocycles. The molecule has 0 N–H and O–H groups in total. The van der Waals surface area contributed by atoms with E-state index in [1.165, 1.54) is 4.90 Å². The number of anilines is 1. The van der Waals surface area contributed by atoms with Gasteiger partial charge in [-0.3, -0.25) is 4.79 Å². The number of ether oxygens (including phenoxy) is 2. The van der Waals surface area contributed by atoms with Crippen molar-refractivity contribution >= 4 is 46.5 Å². The van der Waals surface area contributed by atoms with Gasteiger partial charge in [0.15, 0.2) is 0 Å². The predicted octanol–water partition coefficient (Wildman–Crippen LogP) is 4.41. The van der Waals surface area contributed by atoms with Crippen LogP contribution in [0.3, 0.4) is 0 Å². The molecule has 5 rings (SSSR count). The minimum absolute atomic E-state index is 0.00496. The van der Waals surface area contributed by atoms with E-state index in [0.29, 0.717) is 16.8 Å². The summed E-state index contributed by atoms with van der Waals surface area (Å²) in [6.45, 7) is 1.79. The zero-order chi connectivity index (χ0) is 23.3. The first kappa shape index (κ1) is 21.4. The van der Waals surface area contributed by atoms with Crippen molar-refractivity contribution in [2.75, 3.05) is 18.6 Å². The Morgan fingerprint density at radius 3 is 2.52 bits per heavy atom. The summed E-state index contributed by atoms with van der Waals surface area (Å²) in [7, 11) is 1.64. The maximum atomic E-state index is 14.1. The second-order valence-corrected chi connectivity index (χ2v) is 8.18. The normalized spacial score (nSPS) is 18.8. The Bertz CT molecular complexity index is 1340. The Morgan fingerprint density at radius 1 is 1.09 bits per heavy atom. The number of likely N-dealkylation sites (N-methyl/N-ethyl adjacent to an activating group) is 1. The van der Waals surface area contributed by atoms with Crippen LogP contribution in [0.15, 0.2) is 60.2 Å². The van der Waals surface area contributed by atoms with E-state index in [4.69, 9.17) is 32.7 Å². The molecule has 0 aliphatic carbocycles. The Balaban J connectivity index is 1.98. The molecule has 33 heavy (non-hydrogen) atoms. The van der Waals surface area contributed by atoms with E-state index < -0.39 is 17.3 Å². The van der Waals surface area contributed by atoms with Crippen LogP contribution in [-0.4, -0.2) is 35.5 Å². The molecule has 7 nitrogen and oxygen atoms in total. The van der Waals surface area contributed by atoms with Gasteiger partial charge in [-0.2, -0.15) is 4.98 Å². The Labute approximate surface area is 199 Å². The van der Waals surface area contributed by atoms with E-state index in [1.807, 2.05) is 12.1 Å². The lowest BCUT2D eigenvalue weighted by molar-refractivity contribution is -0.140. The number of amides is 1. The molecule has 2 aliphatic heterocycles. The maximum absolute atomic E-state index is 14.1. The summed E-state index contributed by atoms with van der Waals surface area (Å²) in [5.41, 5.74) is 0.215. The minimum Gasteiger partial charge on any atom is -0.462 e. The molecule has 1 unspecified atom stereocenters. The van der Waals surface area contributed by atoms with E-state index in [0.717, 1.165) is 0 Å². The van der Waals surface area contributed by atoms with Crippen molar-refractivity contribution in [3.8, 4) is 5.88 Å². The van der Waals surface area contributed by atoms with Crippen LogP contribution in [-0.2, 0) is 19.7 Å². The lowest BCUT2D eigenvalue weighted by atomic mass is 9.68. The van der Waals surface area contributed by atoms with Crippen LogP contribution in [0.2, 0.25) is 10.4 Å². The molecule has 2 aromatic carbocycles. The second kappa shape index (κ2) is 7.86. The van der Waals surface area contributed by atoms with Crippen LogP contribution in [0.4, 0.5) is 5.69 Å². The largest absolute Gasteiger partial charge is 0.462 e. The highest BCUT2D eigenvalue weighted by Gasteiger charge is 2.62. The number of halogens is 2. The van der Waals surface area contributed by atoms with Gasteiger partial charge >= 0.3 is 5.97 Å². The zero-order valence-corrected chi connectivity index (χ0v) is 19.1. The summed E-state index contributed by atoms with van der Waals surface area (Å²) in [6.07, 6.45) is 0. The molecule has 3 heterocycles. The van der Waals surface area contributed by atoms with Gasteiger partial charge in [0.25, 0.3) is 0 Å². The first-order valence-corrected chi connectivity index (χ1v) is 10.9. The third-order valence-corrected chi connectivity index (χ3v) is 6.23. The van der Waals surface area contributed by atoms with E-state index in [9.17, 15) is 9.59 Å². The van der Waals surface area contributed by atoms with Crippen molar-refractivity contribution in [2.45, 2.75) is 12.3 Å². The quantitative estimate of drug-likeness (QED) is 0.313. The number of hydrogen-bond donors (Lipinski definition) is 0. The molecule has 0 bridgehead atoms. The number of esters is 1. The number of rotatable bonds is 3. The zero-order valence-electron chi connectivity index (χ0n) is 17.6. The molecule has 1 spiro atoms. The SMILES string of the molecule is CCOC(=O)C1=C(c2ccccc2)Oc2nc(Cl)nc(Cl)c2C12C(=O)N(C)c1ccccc12. The summed E-state index contributed by atoms with van der Waals surface area (Å²) < 4.78 is 11.6. The average molecular weight is 482 g/mol. The molecule has 1 amide bonds. The lowest BCUT2D eigenvalue weighted by Crippen LogP contribution is -2.47. The smallest absolute Gasteiger partial charge is 0.339 e. The minimum atomic E-state index is -1.68. The summed E-state index contributed by atoms with van der Waals surface area (Å²) in [5, 5.41) is -0.231. The number of nitrogens with zero attached hydrogens (tertiary/aromatic N) is 3. The summed E-state index contributed by atoms with van der Waals surface area (Å²) in [5.74, 6) is -0.958. The van der Waals surface area contributed by atoms with Crippen molar-refractivity contribution in [3.05, 3.63) is 87.3 Å². The second-order valence-electron chi connectivity index (χ2n) is 7.49. The Hall–Kier alpha value is -3.42. The fourth-order valence-corrected chi connectivity index (χ4v) is 5.01. The molecular formula is C24H17Cl2N3O4. The van der Waals surface area contributed by atoms with Crippen LogP contribution in [0.1, 0.15) is 23.6 Å². The summed E-state index contributed by atoms with van der Waals surface area (Å²) in [4.78, 5) is 37.5. The molecule has 0 saturated carbocycles. The predicted molar refractivity (Wildman–Crippen MR) is 123 cm³/mol. The monoisotopic (exact) mass is 481 g/mol. The van der Waals surface area contributed by atoms with Crippen molar-refractivity contribution in [1.82, 2.24) is 9.97 Å². The van der Waals surface area contributed by atoms with Crippen molar-refractivity contribution in [3.63, 3.8) is 0 Å².